The van der Waals surface area contributed by atoms with Crippen LogP contribution in [-0.2, 0) is 6.54 Å². The van der Waals surface area contributed by atoms with Crippen LogP contribution in [0.15, 0.2) is 12.1 Å². The predicted molar refractivity (Wildman–Crippen MR) is 83.2 cm³/mol. The largest absolute Gasteiger partial charge is 0.477 e. The molecule has 20 heavy (non-hydrogen) atoms. The highest BCUT2D eigenvalue weighted by Crippen LogP contribution is 2.25. The number of pyridine rings is 1. The van der Waals surface area contributed by atoms with Gasteiger partial charge in [0.2, 0.25) is 5.88 Å². The number of nitrogens with one attached hydrogen (secondary N) is 1. The highest BCUT2D eigenvalue weighted by Gasteiger charge is 2.15. The fraction of sp³-hybridized carbons (Fsp3) is 0.706. The van der Waals surface area contributed by atoms with E-state index in [9.17, 15) is 0 Å². The maximum absolute atomic E-state index is 5.98. The Morgan fingerprint density at radius 2 is 2.00 bits per heavy atom. The van der Waals surface area contributed by atoms with E-state index in [2.05, 4.69) is 36.3 Å². The molecule has 0 spiro atoms. The van der Waals surface area contributed by atoms with Gasteiger partial charge in [-0.2, -0.15) is 0 Å². The monoisotopic (exact) mass is 276 g/mol. The summed E-state index contributed by atoms with van der Waals surface area (Å²) in [7, 11) is 1.97. The van der Waals surface area contributed by atoms with Gasteiger partial charge in [0.05, 0.1) is 6.61 Å². The van der Waals surface area contributed by atoms with E-state index < -0.39 is 0 Å². The molecule has 0 unspecified atom stereocenters. The predicted octanol–water partition coefficient (Wildman–Crippen LogP) is 3.88. The van der Waals surface area contributed by atoms with Crippen molar-refractivity contribution in [1.29, 1.82) is 0 Å². The second-order valence-electron chi connectivity index (χ2n) is 6.24. The number of rotatable bonds is 6. The van der Waals surface area contributed by atoms with Crippen LogP contribution in [0.25, 0.3) is 0 Å². The number of hydrogen-bond acceptors (Lipinski definition) is 3. The van der Waals surface area contributed by atoms with E-state index in [1.54, 1.807) is 0 Å². The highest BCUT2D eigenvalue weighted by molar-refractivity contribution is 5.26. The average Bonchev–Trinajstić information content (AvgIpc) is 2.46. The van der Waals surface area contributed by atoms with Crippen LogP contribution in [0, 0.1) is 5.92 Å². The first-order valence-corrected chi connectivity index (χ1v) is 7.97. The molecular formula is C17H28N2O. The summed E-state index contributed by atoms with van der Waals surface area (Å²) in [5, 5.41) is 3.20. The summed E-state index contributed by atoms with van der Waals surface area (Å²) in [5.41, 5.74) is 2.38. The fourth-order valence-corrected chi connectivity index (χ4v) is 2.81. The van der Waals surface area contributed by atoms with E-state index in [0.717, 1.165) is 30.6 Å². The highest BCUT2D eigenvalue weighted by atomic mass is 16.5. The molecule has 2 rings (SSSR count). The summed E-state index contributed by atoms with van der Waals surface area (Å²) in [5.74, 6) is 1.96. The Morgan fingerprint density at radius 3 is 2.65 bits per heavy atom. The lowest BCUT2D eigenvalue weighted by molar-refractivity contribution is 0.202. The molecule has 1 fully saturated rings. The molecule has 1 aromatic rings. The SMILES string of the molecule is CNCc1cc(OCC2CCCCC2)nc(C(C)C)c1. The quantitative estimate of drug-likeness (QED) is 0.856. The molecule has 0 radical (unpaired) electrons. The molecule has 3 nitrogen and oxygen atoms in total. The summed E-state index contributed by atoms with van der Waals surface area (Å²) in [4.78, 5) is 4.65. The van der Waals surface area contributed by atoms with Gasteiger partial charge in [0.25, 0.3) is 0 Å². The van der Waals surface area contributed by atoms with Crippen LogP contribution >= 0.6 is 0 Å². The van der Waals surface area contributed by atoms with Crippen molar-refractivity contribution in [2.24, 2.45) is 5.92 Å². The molecular weight excluding hydrogens is 248 g/mol. The van der Waals surface area contributed by atoms with Crippen molar-refractivity contribution in [2.45, 2.75) is 58.4 Å². The molecule has 1 N–H and O–H groups in total. The Labute approximate surface area is 123 Å². The Kier molecular flexibility index (Phi) is 5.84. The average molecular weight is 276 g/mol. The van der Waals surface area contributed by atoms with Crippen molar-refractivity contribution in [3.05, 3.63) is 23.4 Å². The smallest absolute Gasteiger partial charge is 0.213 e. The van der Waals surface area contributed by atoms with E-state index in [0.29, 0.717) is 5.92 Å². The molecule has 3 heteroatoms. The molecule has 1 aliphatic carbocycles. The molecule has 0 aliphatic heterocycles. The minimum atomic E-state index is 0.434. The number of aromatic nitrogens is 1. The maximum atomic E-state index is 5.98. The molecule has 0 atom stereocenters. The summed E-state index contributed by atoms with van der Waals surface area (Å²) in [6, 6.07) is 4.25. The van der Waals surface area contributed by atoms with Gasteiger partial charge >= 0.3 is 0 Å². The molecule has 0 bridgehead atoms. The van der Waals surface area contributed by atoms with Crippen LogP contribution in [-0.4, -0.2) is 18.6 Å². The minimum Gasteiger partial charge on any atom is -0.477 e. The van der Waals surface area contributed by atoms with Gasteiger partial charge in [-0.25, -0.2) is 4.98 Å². The summed E-state index contributed by atoms with van der Waals surface area (Å²) < 4.78 is 5.98. The Balaban J connectivity index is 2.01. The van der Waals surface area contributed by atoms with Gasteiger partial charge in [-0.15, -0.1) is 0 Å². The molecule has 1 saturated carbocycles. The first-order valence-electron chi connectivity index (χ1n) is 7.97. The summed E-state index contributed by atoms with van der Waals surface area (Å²) >= 11 is 0. The molecule has 1 aliphatic rings. The standard InChI is InChI=1S/C17H28N2O/c1-13(2)16-9-15(11-18-3)10-17(19-16)20-12-14-7-5-4-6-8-14/h9-10,13-14,18H,4-8,11-12H2,1-3H3. The fourth-order valence-electron chi connectivity index (χ4n) is 2.81. The van der Waals surface area contributed by atoms with Crippen LogP contribution in [0.3, 0.4) is 0 Å². The lowest BCUT2D eigenvalue weighted by atomic mass is 9.90. The molecule has 1 heterocycles. The van der Waals surface area contributed by atoms with E-state index in [1.807, 2.05) is 7.05 Å². The van der Waals surface area contributed by atoms with Crippen molar-refractivity contribution in [3.8, 4) is 5.88 Å². The molecule has 0 amide bonds. The van der Waals surface area contributed by atoms with E-state index in [1.165, 1.54) is 37.7 Å². The van der Waals surface area contributed by atoms with Gasteiger partial charge in [-0.3, -0.25) is 0 Å². The summed E-state index contributed by atoms with van der Waals surface area (Å²) in [6.45, 7) is 6.04. The third-order valence-corrected chi connectivity index (χ3v) is 4.05. The zero-order chi connectivity index (χ0) is 14.4. The first-order chi connectivity index (χ1) is 9.69. The van der Waals surface area contributed by atoms with Gasteiger partial charge in [-0.05, 0) is 43.4 Å². The molecule has 112 valence electrons. The Morgan fingerprint density at radius 1 is 1.25 bits per heavy atom. The third kappa shape index (κ3) is 4.48. The van der Waals surface area contributed by atoms with Gasteiger partial charge in [-0.1, -0.05) is 33.1 Å². The normalized spacial score (nSPS) is 16.6. The maximum Gasteiger partial charge on any atom is 0.213 e. The second kappa shape index (κ2) is 7.63. The Bertz CT molecular complexity index is 411. The van der Waals surface area contributed by atoms with Gasteiger partial charge < -0.3 is 10.1 Å². The van der Waals surface area contributed by atoms with Gasteiger partial charge in [0, 0.05) is 18.3 Å². The first kappa shape index (κ1) is 15.3. The van der Waals surface area contributed by atoms with Gasteiger partial charge in [0.15, 0.2) is 0 Å². The zero-order valence-electron chi connectivity index (χ0n) is 13.1. The molecule has 0 aromatic carbocycles. The van der Waals surface area contributed by atoms with E-state index >= 15 is 0 Å². The zero-order valence-corrected chi connectivity index (χ0v) is 13.1. The minimum absolute atomic E-state index is 0.434. The molecule has 0 saturated heterocycles. The van der Waals surface area contributed by atoms with Crippen LogP contribution in [0.5, 0.6) is 5.88 Å². The van der Waals surface area contributed by atoms with Crippen LogP contribution in [0.4, 0.5) is 0 Å². The van der Waals surface area contributed by atoms with Crippen molar-refractivity contribution >= 4 is 0 Å². The van der Waals surface area contributed by atoms with Crippen molar-refractivity contribution in [2.75, 3.05) is 13.7 Å². The van der Waals surface area contributed by atoms with Crippen molar-refractivity contribution < 1.29 is 4.74 Å². The second-order valence-corrected chi connectivity index (χ2v) is 6.24. The lowest BCUT2D eigenvalue weighted by Crippen LogP contribution is -2.16. The number of nitrogens with zero attached hydrogens (tertiary/aromatic N) is 1. The Hall–Kier alpha value is -1.09. The van der Waals surface area contributed by atoms with E-state index in [-0.39, 0.29) is 0 Å². The van der Waals surface area contributed by atoms with Crippen molar-refractivity contribution in [3.63, 3.8) is 0 Å². The van der Waals surface area contributed by atoms with Crippen LogP contribution in [0.2, 0.25) is 0 Å². The summed E-state index contributed by atoms with van der Waals surface area (Å²) in [6.07, 6.45) is 6.74. The third-order valence-electron chi connectivity index (χ3n) is 4.05. The van der Waals surface area contributed by atoms with Crippen molar-refractivity contribution in [1.82, 2.24) is 10.3 Å². The van der Waals surface area contributed by atoms with Crippen LogP contribution < -0.4 is 10.1 Å². The van der Waals surface area contributed by atoms with E-state index in [4.69, 9.17) is 4.74 Å². The topological polar surface area (TPSA) is 34.1 Å². The molecule has 1 aromatic heterocycles. The van der Waals surface area contributed by atoms with Crippen LogP contribution in [0.1, 0.15) is 63.1 Å². The number of ether oxygens (including phenoxy) is 1. The number of hydrogen-bond donors (Lipinski definition) is 1. The lowest BCUT2D eigenvalue weighted by Gasteiger charge is -2.21. The van der Waals surface area contributed by atoms with Gasteiger partial charge in [0.1, 0.15) is 0 Å².